The lowest BCUT2D eigenvalue weighted by atomic mass is 9.80. The van der Waals surface area contributed by atoms with Crippen LogP contribution in [-0.2, 0) is 6.54 Å². The summed E-state index contributed by atoms with van der Waals surface area (Å²) in [4.78, 5) is 0. The molecule has 0 aliphatic heterocycles. The Labute approximate surface area is 109 Å². The number of aryl methyl sites for hydroxylation is 1. The molecule has 1 saturated carbocycles. The van der Waals surface area contributed by atoms with Crippen molar-refractivity contribution in [1.29, 1.82) is 0 Å². The van der Waals surface area contributed by atoms with Gasteiger partial charge in [0, 0.05) is 12.1 Å². The smallest absolute Gasteiger partial charge is 0.0216 e. The van der Waals surface area contributed by atoms with Crippen LogP contribution in [0.1, 0.15) is 49.7 Å². The van der Waals surface area contributed by atoms with Crippen LogP contribution in [0.4, 0.5) is 0 Å². The van der Waals surface area contributed by atoms with Crippen LogP contribution < -0.4 is 11.1 Å². The summed E-state index contributed by atoms with van der Waals surface area (Å²) >= 11 is 1.79. The van der Waals surface area contributed by atoms with Gasteiger partial charge in [-0.1, -0.05) is 19.3 Å². The Kier molecular flexibility index (Phi) is 4.60. The van der Waals surface area contributed by atoms with Crippen molar-refractivity contribution in [2.75, 3.05) is 6.54 Å². The first-order chi connectivity index (χ1) is 8.20. The fraction of sp³-hybridized carbons (Fsp3) is 0.714. The van der Waals surface area contributed by atoms with E-state index < -0.39 is 0 Å². The summed E-state index contributed by atoms with van der Waals surface area (Å²) in [6.07, 6.45) is 7.56. The van der Waals surface area contributed by atoms with Crippen LogP contribution in [0.15, 0.2) is 10.8 Å². The summed E-state index contributed by atoms with van der Waals surface area (Å²) in [5.74, 6) is 0. The maximum atomic E-state index is 6.41. The number of rotatable bonds is 5. The van der Waals surface area contributed by atoms with Gasteiger partial charge in [0.25, 0.3) is 0 Å². The largest absolute Gasteiger partial charge is 0.325 e. The van der Waals surface area contributed by atoms with E-state index in [0.29, 0.717) is 0 Å². The fourth-order valence-corrected chi connectivity index (χ4v) is 3.49. The first-order valence-corrected chi connectivity index (χ1v) is 7.65. The normalized spacial score (nSPS) is 19.4. The Hall–Kier alpha value is -0.380. The average molecular weight is 252 g/mol. The van der Waals surface area contributed by atoms with Crippen molar-refractivity contribution in [3.63, 3.8) is 0 Å². The van der Waals surface area contributed by atoms with Crippen LogP contribution in [0.2, 0.25) is 0 Å². The summed E-state index contributed by atoms with van der Waals surface area (Å²) in [6.45, 7) is 4.22. The molecule has 1 fully saturated rings. The predicted octanol–water partition coefficient (Wildman–Crippen LogP) is 3.20. The molecule has 96 valence electrons. The summed E-state index contributed by atoms with van der Waals surface area (Å²) in [5.41, 5.74) is 9.37. The van der Waals surface area contributed by atoms with E-state index in [-0.39, 0.29) is 5.54 Å². The first kappa shape index (κ1) is 13.1. The van der Waals surface area contributed by atoms with E-state index in [4.69, 9.17) is 5.73 Å². The van der Waals surface area contributed by atoms with Crippen LogP contribution in [-0.4, -0.2) is 12.1 Å². The van der Waals surface area contributed by atoms with Crippen LogP contribution in [0.3, 0.4) is 0 Å². The number of hydrogen-bond acceptors (Lipinski definition) is 3. The molecule has 0 spiro atoms. The minimum Gasteiger partial charge on any atom is -0.325 e. The molecule has 1 aliphatic rings. The zero-order chi connectivity index (χ0) is 12.1. The molecular weight excluding hydrogens is 228 g/mol. The quantitative estimate of drug-likeness (QED) is 0.790. The maximum Gasteiger partial charge on any atom is 0.0216 e. The molecular formula is C14H24N2S. The van der Waals surface area contributed by atoms with E-state index in [2.05, 4.69) is 23.0 Å². The van der Waals surface area contributed by atoms with Crippen molar-refractivity contribution < 1.29 is 0 Å². The highest BCUT2D eigenvalue weighted by Crippen LogP contribution is 2.28. The topological polar surface area (TPSA) is 38.0 Å². The lowest BCUT2D eigenvalue weighted by Crippen LogP contribution is -2.43. The van der Waals surface area contributed by atoms with Crippen molar-refractivity contribution in [3.05, 3.63) is 21.9 Å². The second-order valence-corrected chi connectivity index (χ2v) is 6.17. The number of hydrogen-bond donors (Lipinski definition) is 2. The fourth-order valence-electron chi connectivity index (χ4n) is 2.63. The molecule has 0 unspecified atom stereocenters. The molecule has 1 aliphatic carbocycles. The molecule has 3 heteroatoms. The molecule has 0 saturated heterocycles. The van der Waals surface area contributed by atoms with E-state index in [1.807, 2.05) is 0 Å². The highest BCUT2D eigenvalue weighted by Gasteiger charge is 2.26. The summed E-state index contributed by atoms with van der Waals surface area (Å²) in [6, 6.07) is 0. The van der Waals surface area contributed by atoms with Gasteiger partial charge in [-0.25, -0.2) is 0 Å². The molecule has 2 nitrogen and oxygen atoms in total. The number of thiophene rings is 1. The minimum atomic E-state index is 0.120. The molecule has 0 atom stereocenters. The first-order valence-electron chi connectivity index (χ1n) is 6.71. The second-order valence-electron chi connectivity index (χ2n) is 5.43. The minimum absolute atomic E-state index is 0.120. The standard InChI is InChI=1S/C14H24N2S/c1-12-10-17-11-13(12)9-16-8-7-14(15)5-3-2-4-6-14/h10-11,16H,2-9,15H2,1H3. The van der Waals surface area contributed by atoms with E-state index in [1.54, 1.807) is 11.3 Å². The molecule has 0 radical (unpaired) electrons. The number of nitrogens with two attached hydrogens (primary N) is 1. The Morgan fingerprint density at radius 3 is 2.71 bits per heavy atom. The third-order valence-electron chi connectivity index (χ3n) is 3.93. The predicted molar refractivity (Wildman–Crippen MR) is 75.4 cm³/mol. The van der Waals surface area contributed by atoms with Crippen molar-refractivity contribution in [1.82, 2.24) is 5.32 Å². The van der Waals surface area contributed by atoms with Gasteiger partial charge in [0.15, 0.2) is 0 Å². The number of nitrogens with one attached hydrogen (secondary N) is 1. The zero-order valence-corrected chi connectivity index (χ0v) is 11.6. The van der Waals surface area contributed by atoms with Gasteiger partial charge in [-0.3, -0.25) is 0 Å². The maximum absolute atomic E-state index is 6.41. The molecule has 2 rings (SSSR count). The average Bonchev–Trinajstić information content (AvgIpc) is 2.72. The zero-order valence-electron chi connectivity index (χ0n) is 10.8. The van der Waals surface area contributed by atoms with Crippen LogP contribution >= 0.6 is 11.3 Å². The Morgan fingerprint density at radius 1 is 1.29 bits per heavy atom. The van der Waals surface area contributed by atoms with E-state index in [0.717, 1.165) is 19.5 Å². The lowest BCUT2D eigenvalue weighted by molar-refractivity contribution is 0.274. The van der Waals surface area contributed by atoms with E-state index in [9.17, 15) is 0 Å². The van der Waals surface area contributed by atoms with Crippen LogP contribution in [0.5, 0.6) is 0 Å². The summed E-state index contributed by atoms with van der Waals surface area (Å²) in [7, 11) is 0. The third kappa shape index (κ3) is 3.80. The van der Waals surface area contributed by atoms with Gasteiger partial charge in [-0.05, 0) is 54.6 Å². The molecule has 1 aromatic rings. The van der Waals surface area contributed by atoms with Gasteiger partial charge < -0.3 is 11.1 Å². The molecule has 0 aromatic carbocycles. The van der Waals surface area contributed by atoms with Gasteiger partial charge >= 0.3 is 0 Å². The van der Waals surface area contributed by atoms with Crippen molar-refractivity contribution in [3.8, 4) is 0 Å². The van der Waals surface area contributed by atoms with Gasteiger partial charge in [-0.15, -0.1) is 0 Å². The molecule has 0 bridgehead atoms. The van der Waals surface area contributed by atoms with Gasteiger partial charge in [-0.2, -0.15) is 11.3 Å². The molecule has 17 heavy (non-hydrogen) atoms. The van der Waals surface area contributed by atoms with Crippen molar-refractivity contribution >= 4 is 11.3 Å². The van der Waals surface area contributed by atoms with Crippen LogP contribution in [0, 0.1) is 6.92 Å². The van der Waals surface area contributed by atoms with Crippen molar-refractivity contribution in [2.24, 2.45) is 5.73 Å². The van der Waals surface area contributed by atoms with Crippen LogP contribution in [0.25, 0.3) is 0 Å². The molecule has 1 aromatic heterocycles. The summed E-state index contributed by atoms with van der Waals surface area (Å²) < 4.78 is 0. The van der Waals surface area contributed by atoms with Crippen molar-refractivity contribution in [2.45, 2.75) is 57.5 Å². The Balaban J connectivity index is 1.67. The monoisotopic (exact) mass is 252 g/mol. The second kappa shape index (κ2) is 5.98. The lowest BCUT2D eigenvalue weighted by Gasteiger charge is -2.33. The van der Waals surface area contributed by atoms with Gasteiger partial charge in [0.1, 0.15) is 0 Å². The van der Waals surface area contributed by atoms with E-state index >= 15 is 0 Å². The van der Waals surface area contributed by atoms with E-state index in [1.165, 1.54) is 43.2 Å². The Morgan fingerprint density at radius 2 is 2.06 bits per heavy atom. The molecule has 0 amide bonds. The highest BCUT2D eigenvalue weighted by molar-refractivity contribution is 7.08. The third-order valence-corrected chi connectivity index (χ3v) is 4.84. The summed E-state index contributed by atoms with van der Waals surface area (Å²) in [5, 5.41) is 7.98. The Bertz CT molecular complexity index is 340. The highest BCUT2D eigenvalue weighted by atomic mass is 32.1. The molecule has 3 N–H and O–H groups in total. The van der Waals surface area contributed by atoms with Gasteiger partial charge in [0.05, 0.1) is 0 Å². The van der Waals surface area contributed by atoms with Gasteiger partial charge in [0.2, 0.25) is 0 Å². The molecule has 1 heterocycles. The SMILES string of the molecule is Cc1cscc1CNCCC1(N)CCCCC1.